The summed E-state index contributed by atoms with van der Waals surface area (Å²) in [7, 11) is 0. The normalized spacial score (nSPS) is 33.1. The molecule has 0 aliphatic heterocycles. The van der Waals surface area contributed by atoms with Crippen molar-refractivity contribution in [3.8, 4) is 11.3 Å². The summed E-state index contributed by atoms with van der Waals surface area (Å²) in [4.78, 5) is 1.27. The number of benzene rings is 1. The zero-order valence-electron chi connectivity index (χ0n) is 14.8. The zero-order valence-corrected chi connectivity index (χ0v) is 15.6. The summed E-state index contributed by atoms with van der Waals surface area (Å²) < 4.78 is 5.60. The van der Waals surface area contributed by atoms with Gasteiger partial charge in [-0.05, 0) is 68.2 Å². The van der Waals surface area contributed by atoms with Crippen molar-refractivity contribution in [2.45, 2.75) is 55.5 Å². The second-order valence-corrected chi connectivity index (χ2v) is 9.24. The number of thioether (sulfide) groups is 1. The summed E-state index contributed by atoms with van der Waals surface area (Å²) in [5, 5.41) is 8.21. The molecule has 1 aromatic heterocycles. The van der Waals surface area contributed by atoms with Gasteiger partial charge in [-0.3, -0.25) is 0 Å². The average Bonchev–Trinajstić information content (AvgIpc) is 3.17. The number of aromatic nitrogens is 1. The van der Waals surface area contributed by atoms with E-state index in [-0.39, 0.29) is 0 Å². The fourth-order valence-corrected chi connectivity index (χ4v) is 6.12. The number of nitrogens with zero attached hydrogens (tertiary/aromatic N) is 1. The molecule has 3 aliphatic rings. The lowest BCUT2D eigenvalue weighted by molar-refractivity contribution is 0.146. The number of fused-ring (bicyclic) bond motifs is 2. The van der Waals surface area contributed by atoms with Crippen LogP contribution in [0.5, 0.6) is 0 Å². The maximum atomic E-state index is 5.60. The molecule has 0 spiro atoms. The van der Waals surface area contributed by atoms with Gasteiger partial charge in [0, 0.05) is 28.6 Å². The molecule has 4 atom stereocenters. The average molecular weight is 355 g/mol. The van der Waals surface area contributed by atoms with E-state index in [0.717, 1.165) is 41.3 Å². The van der Waals surface area contributed by atoms with Crippen LogP contribution in [-0.2, 0) is 6.54 Å². The SMILES string of the molecule is CSc1ccc(-c2cc(CNC34CC5CCC(C3)C(C5)C4)no2)cc1. The maximum Gasteiger partial charge on any atom is 0.167 e. The summed E-state index contributed by atoms with van der Waals surface area (Å²) in [6, 6.07) is 10.6. The smallest absolute Gasteiger partial charge is 0.167 e. The molecule has 0 radical (unpaired) electrons. The first-order chi connectivity index (χ1) is 12.2. The van der Waals surface area contributed by atoms with Crippen LogP contribution in [0, 0.1) is 17.8 Å². The topological polar surface area (TPSA) is 38.1 Å². The maximum absolute atomic E-state index is 5.60. The van der Waals surface area contributed by atoms with Gasteiger partial charge < -0.3 is 9.84 Å². The number of hydrogen-bond donors (Lipinski definition) is 1. The minimum atomic E-state index is 0.383. The summed E-state index contributed by atoms with van der Waals surface area (Å²) >= 11 is 1.76. The standard InChI is InChI=1S/C21H26N2OS/c1-25-19-6-4-15(5-7-19)20-9-18(23-24-20)13-22-21-10-14-2-3-16(11-21)17(8-14)12-21/h4-7,9,14,16-17,22H,2-3,8,10-13H2,1H3. The third-order valence-electron chi connectivity index (χ3n) is 6.81. The predicted molar refractivity (Wildman–Crippen MR) is 101 cm³/mol. The summed E-state index contributed by atoms with van der Waals surface area (Å²) in [5.74, 6) is 3.81. The van der Waals surface area contributed by atoms with Crippen molar-refractivity contribution in [3.63, 3.8) is 0 Å². The Morgan fingerprint density at radius 1 is 1.16 bits per heavy atom. The van der Waals surface area contributed by atoms with Crippen LogP contribution in [0.2, 0.25) is 0 Å². The Labute approximate surface area is 153 Å². The van der Waals surface area contributed by atoms with Gasteiger partial charge in [0.1, 0.15) is 0 Å². The van der Waals surface area contributed by atoms with Crippen molar-refractivity contribution in [2.24, 2.45) is 17.8 Å². The molecule has 0 amide bonds. The Bertz CT molecular complexity index is 752. The molecule has 3 bridgehead atoms. The highest BCUT2D eigenvalue weighted by Gasteiger charge is 2.52. The third-order valence-corrected chi connectivity index (χ3v) is 7.56. The molecule has 3 fully saturated rings. The highest BCUT2D eigenvalue weighted by atomic mass is 32.2. The van der Waals surface area contributed by atoms with Gasteiger partial charge in [-0.15, -0.1) is 11.8 Å². The van der Waals surface area contributed by atoms with Crippen molar-refractivity contribution in [3.05, 3.63) is 36.0 Å². The Morgan fingerprint density at radius 2 is 2.00 bits per heavy atom. The van der Waals surface area contributed by atoms with Crippen molar-refractivity contribution < 1.29 is 4.52 Å². The lowest BCUT2D eigenvalue weighted by Gasteiger charge is -2.40. The van der Waals surface area contributed by atoms with Crippen molar-refractivity contribution in [1.29, 1.82) is 0 Å². The third kappa shape index (κ3) is 2.93. The van der Waals surface area contributed by atoms with Crippen LogP contribution >= 0.6 is 11.8 Å². The first-order valence-electron chi connectivity index (χ1n) is 9.58. The van der Waals surface area contributed by atoms with Crippen LogP contribution in [0.3, 0.4) is 0 Å². The molecule has 1 heterocycles. The van der Waals surface area contributed by atoms with Crippen LogP contribution in [0.1, 0.15) is 44.2 Å². The monoisotopic (exact) mass is 354 g/mol. The quantitative estimate of drug-likeness (QED) is 0.756. The van der Waals surface area contributed by atoms with Gasteiger partial charge in [-0.25, -0.2) is 0 Å². The second-order valence-electron chi connectivity index (χ2n) is 8.36. The van der Waals surface area contributed by atoms with Crippen molar-refractivity contribution in [1.82, 2.24) is 10.5 Å². The highest BCUT2D eigenvalue weighted by Crippen LogP contribution is 2.57. The van der Waals surface area contributed by atoms with Gasteiger partial charge in [0.15, 0.2) is 5.76 Å². The van der Waals surface area contributed by atoms with Gasteiger partial charge in [0.2, 0.25) is 0 Å². The Balaban J connectivity index is 1.27. The molecule has 2 aromatic rings. The molecule has 1 N–H and O–H groups in total. The van der Waals surface area contributed by atoms with Gasteiger partial charge in [-0.2, -0.15) is 0 Å². The lowest BCUT2D eigenvalue weighted by atomic mass is 9.70. The highest BCUT2D eigenvalue weighted by molar-refractivity contribution is 7.98. The number of hydrogen-bond acceptors (Lipinski definition) is 4. The van der Waals surface area contributed by atoms with Crippen LogP contribution in [0.25, 0.3) is 11.3 Å². The van der Waals surface area contributed by atoms with E-state index in [0.29, 0.717) is 5.54 Å². The molecule has 4 heteroatoms. The van der Waals surface area contributed by atoms with Gasteiger partial charge in [-0.1, -0.05) is 23.7 Å². The summed E-state index contributed by atoms with van der Waals surface area (Å²) in [5.41, 5.74) is 2.51. The van der Waals surface area contributed by atoms with Crippen LogP contribution in [0.4, 0.5) is 0 Å². The molecule has 4 unspecified atom stereocenters. The molecule has 3 nitrogen and oxygen atoms in total. The number of rotatable bonds is 5. The van der Waals surface area contributed by atoms with Crippen molar-refractivity contribution in [2.75, 3.05) is 6.26 Å². The van der Waals surface area contributed by atoms with Crippen LogP contribution < -0.4 is 5.32 Å². The van der Waals surface area contributed by atoms with E-state index in [1.54, 1.807) is 11.8 Å². The minimum Gasteiger partial charge on any atom is -0.356 e. The van der Waals surface area contributed by atoms with E-state index >= 15 is 0 Å². The first-order valence-corrected chi connectivity index (χ1v) is 10.8. The predicted octanol–water partition coefficient (Wildman–Crippen LogP) is 5.12. The van der Waals surface area contributed by atoms with Gasteiger partial charge in [0.05, 0.1) is 5.69 Å². The molecular weight excluding hydrogens is 328 g/mol. The second kappa shape index (κ2) is 6.17. The Hall–Kier alpha value is -1.26. The summed E-state index contributed by atoms with van der Waals surface area (Å²) in [6.45, 7) is 0.832. The zero-order chi connectivity index (χ0) is 16.9. The Morgan fingerprint density at radius 3 is 2.84 bits per heavy atom. The molecule has 3 aliphatic carbocycles. The fraction of sp³-hybridized carbons (Fsp3) is 0.571. The van der Waals surface area contributed by atoms with E-state index in [1.165, 1.54) is 43.4 Å². The van der Waals surface area contributed by atoms with Crippen LogP contribution in [0.15, 0.2) is 39.8 Å². The summed E-state index contributed by atoms with van der Waals surface area (Å²) in [6.07, 6.45) is 10.7. The lowest BCUT2D eigenvalue weighted by Crippen LogP contribution is -2.46. The number of nitrogens with one attached hydrogen (secondary N) is 1. The Kier molecular flexibility index (Phi) is 3.94. The molecule has 3 saturated carbocycles. The molecule has 1 aromatic carbocycles. The van der Waals surface area contributed by atoms with Gasteiger partial charge >= 0.3 is 0 Å². The largest absolute Gasteiger partial charge is 0.356 e. The molecule has 132 valence electrons. The molecule has 25 heavy (non-hydrogen) atoms. The van der Waals surface area contributed by atoms with E-state index in [4.69, 9.17) is 4.52 Å². The fourth-order valence-electron chi connectivity index (χ4n) is 5.72. The van der Waals surface area contributed by atoms with Gasteiger partial charge in [0.25, 0.3) is 0 Å². The van der Waals surface area contributed by atoms with E-state index in [9.17, 15) is 0 Å². The minimum absolute atomic E-state index is 0.383. The molecule has 5 rings (SSSR count). The van der Waals surface area contributed by atoms with E-state index < -0.39 is 0 Å². The first kappa shape index (κ1) is 16.0. The van der Waals surface area contributed by atoms with E-state index in [1.807, 2.05) is 0 Å². The van der Waals surface area contributed by atoms with E-state index in [2.05, 4.69) is 47.1 Å². The van der Waals surface area contributed by atoms with Crippen molar-refractivity contribution >= 4 is 11.8 Å². The molecule has 0 saturated heterocycles. The van der Waals surface area contributed by atoms with Crippen LogP contribution in [-0.4, -0.2) is 17.0 Å². The molecular formula is C21H26N2OS.